The van der Waals surface area contributed by atoms with E-state index >= 15 is 0 Å². The molecule has 0 unspecified atom stereocenters. The second kappa shape index (κ2) is 5.73. The van der Waals surface area contributed by atoms with Gasteiger partial charge in [0, 0.05) is 11.2 Å². The highest BCUT2D eigenvalue weighted by Gasteiger charge is 2.16. The zero-order valence-corrected chi connectivity index (χ0v) is 11.7. The van der Waals surface area contributed by atoms with Gasteiger partial charge in [-0.2, -0.15) is 0 Å². The Balaban J connectivity index is 2.56. The van der Waals surface area contributed by atoms with E-state index in [2.05, 4.69) is 5.32 Å². The van der Waals surface area contributed by atoms with Gasteiger partial charge in [0.2, 0.25) is 0 Å². The lowest BCUT2D eigenvalue weighted by Gasteiger charge is -2.20. The van der Waals surface area contributed by atoms with Crippen molar-refractivity contribution in [1.82, 2.24) is 5.32 Å². The molecule has 0 radical (unpaired) electrons. The maximum absolute atomic E-state index is 11.7. The first-order valence-electron chi connectivity index (χ1n) is 6.03. The topological polar surface area (TPSA) is 81.4 Å². The number of ether oxygens (including phenoxy) is 1. The van der Waals surface area contributed by atoms with Crippen molar-refractivity contribution in [3.8, 4) is 0 Å². The van der Waals surface area contributed by atoms with Gasteiger partial charge in [0.05, 0.1) is 5.56 Å². The van der Waals surface area contributed by atoms with E-state index in [-0.39, 0.29) is 18.1 Å². The van der Waals surface area contributed by atoms with E-state index < -0.39 is 5.97 Å². The summed E-state index contributed by atoms with van der Waals surface area (Å²) in [6.45, 7) is 7.11. The van der Waals surface area contributed by atoms with Crippen molar-refractivity contribution in [2.45, 2.75) is 33.2 Å². The highest BCUT2D eigenvalue weighted by Crippen LogP contribution is 2.13. The quantitative estimate of drug-likeness (QED) is 0.642. The van der Waals surface area contributed by atoms with Crippen molar-refractivity contribution in [2.24, 2.45) is 0 Å². The molecule has 0 saturated carbocycles. The third-order valence-corrected chi connectivity index (χ3v) is 2.36. The van der Waals surface area contributed by atoms with Crippen molar-refractivity contribution in [2.75, 3.05) is 12.3 Å². The zero-order valence-electron chi connectivity index (χ0n) is 11.7. The van der Waals surface area contributed by atoms with Crippen molar-refractivity contribution >= 4 is 17.6 Å². The Morgan fingerprint density at radius 3 is 2.47 bits per heavy atom. The number of rotatable bonds is 3. The Morgan fingerprint density at radius 2 is 1.95 bits per heavy atom. The standard InChI is InChI=1S/C14H20N2O3/c1-9-5-6-10(7-11(9)15)13(18)19-8-12(17)16-14(2,3)4/h5-7H,8,15H2,1-4H3,(H,16,17). The van der Waals surface area contributed by atoms with Crippen LogP contribution in [-0.4, -0.2) is 24.0 Å². The predicted octanol–water partition coefficient (Wildman–Crippen LogP) is 1.65. The molecule has 1 amide bonds. The Hall–Kier alpha value is -2.04. The summed E-state index contributed by atoms with van der Waals surface area (Å²) in [5, 5.41) is 2.71. The van der Waals surface area contributed by atoms with Crippen LogP contribution in [0.3, 0.4) is 0 Å². The molecule has 1 aromatic carbocycles. The average Bonchev–Trinajstić information content (AvgIpc) is 2.27. The fraction of sp³-hybridized carbons (Fsp3) is 0.429. The molecular weight excluding hydrogens is 244 g/mol. The lowest BCUT2D eigenvalue weighted by atomic mass is 10.1. The molecule has 1 aromatic rings. The van der Waals surface area contributed by atoms with Crippen LogP contribution in [0.5, 0.6) is 0 Å². The molecule has 0 atom stereocenters. The van der Waals surface area contributed by atoms with E-state index in [9.17, 15) is 9.59 Å². The van der Waals surface area contributed by atoms with E-state index in [0.717, 1.165) is 5.56 Å². The number of carbonyl (C=O) groups excluding carboxylic acids is 2. The molecule has 0 bridgehead atoms. The lowest BCUT2D eigenvalue weighted by Crippen LogP contribution is -2.42. The number of aryl methyl sites for hydroxylation is 1. The third-order valence-electron chi connectivity index (χ3n) is 2.36. The molecular formula is C14H20N2O3. The maximum Gasteiger partial charge on any atom is 0.338 e. The molecule has 0 saturated heterocycles. The molecule has 0 aliphatic rings. The molecule has 0 aliphatic carbocycles. The summed E-state index contributed by atoms with van der Waals surface area (Å²) in [7, 11) is 0. The predicted molar refractivity (Wildman–Crippen MR) is 73.8 cm³/mol. The lowest BCUT2D eigenvalue weighted by molar-refractivity contribution is -0.125. The van der Waals surface area contributed by atoms with Crippen LogP contribution in [0.4, 0.5) is 5.69 Å². The van der Waals surface area contributed by atoms with Crippen molar-refractivity contribution in [3.63, 3.8) is 0 Å². The summed E-state index contributed by atoms with van der Waals surface area (Å²) >= 11 is 0. The van der Waals surface area contributed by atoms with Gasteiger partial charge in [-0.25, -0.2) is 4.79 Å². The second-order valence-corrected chi connectivity index (χ2v) is 5.45. The molecule has 5 nitrogen and oxygen atoms in total. The Kier molecular flexibility index (Phi) is 4.53. The van der Waals surface area contributed by atoms with E-state index in [4.69, 9.17) is 10.5 Å². The summed E-state index contributed by atoms with van der Waals surface area (Å²) < 4.78 is 4.92. The van der Waals surface area contributed by atoms with E-state index in [1.54, 1.807) is 18.2 Å². The number of carbonyl (C=O) groups is 2. The van der Waals surface area contributed by atoms with Crippen molar-refractivity contribution < 1.29 is 14.3 Å². The SMILES string of the molecule is Cc1ccc(C(=O)OCC(=O)NC(C)(C)C)cc1N. The number of esters is 1. The fourth-order valence-electron chi connectivity index (χ4n) is 1.44. The summed E-state index contributed by atoms with van der Waals surface area (Å²) in [4.78, 5) is 23.2. The van der Waals surface area contributed by atoms with Crippen LogP contribution in [0.2, 0.25) is 0 Å². The first-order chi connectivity index (χ1) is 8.69. The number of hydrogen-bond acceptors (Lipinski definition) is 4. The molecule has 0 heterocycles. The van der Waals surface area contributed by atoms with Crippen molar-refractivity contribution in [3.05, 3.63) is 29.3 Å². The molecule has 5 heteroatoms. The van der Waals surface area contributed by atoms with Gasteiger partial charge in [-0.05, 0) is 45.4 Å². The first-order valence-corrected chi connectivity index (χ1v) is 6.03. The van der Waals surface area contributed by atoms with Crippen LogP contribution < -0.4 is 11.1 Å². The van der Waals surface area contributed by atoms with Crippen molar-refractivity contribution in [1.29, 1.82) is 0 Å². The molecule has 19 heavy (non-hydrogen) atoms. The summed E-state index contributed by atoms with van der Waals surface area (Å²) in [5.74, 6) is -0.892. The van der Waals surface area contributed by atoms with Gasteiger partial charge in [0.15, 0.2) is 6.61 Å². The zero-order chi connectivity index (χ0) is 14.6. The van der Waals surface area contributed by atoms with Crippen LogP contribution >= 0.6 is 0 Å². The maximum atomic E-state index is 11.7. The van der Waals surface area contributed by atoms with E-state index in [1.165, 1.54) is 0 Å². The molecule has 3 N–H and O–H groups in total. The third kappa shape index (κ3) is 4.99. The molecule has 104 valence electrons. The number of amides is 1. The minimum absolute atomic E-state index is 0.302. The molecule has 0 aliphatic heterocycles. The highest BCUT2D eigenvalue weighted by atomic mass is 16.5. The highest BCUT2D eigenvalue weighted by molar-refractivity contribution is 5.92. The Morgan fingerprint density at radius 1 is 1.32 bits per heavy atom. The van der Waals surface area contributed by atoms with Gasteiger partial charge >= 0.3 is 5.97 Å². The van der Waals surface area contributed by atoms with Crippen LogP contribution in [0.15, 0.2) is 18.2 Å². The number of hydrogen-bond donors (Lipinski definition) is 2. The second-order valence-electron chi connectivity index (χ2n) is 5.45. The number of anilines is 1. The summed E-state index contributed by atoms with van der Waals surface area (Å²) in [6.07, 6.45) is 0. The van der Waals surface area contributed by atoms with Crippen LogP contribution in [-0.2, 0) is 9.53 Å². The van der Waals surface area contributed by atoms with Gasteiger partial charge in [-0.15, -0.1) is 0 Å². The van der Waals surface area contributed by atoms with Gasteiger partial charge in [0.1, 0.15) is 0 Å². The van der Waals surface area contributed by atoms with Gasteiger partial charge in [-0.3, -0.25) is 4.79 Å². The minimum atomic E-state index is -0.559. The number of benzene rings is 1. The van der Waals surface area contributed by atoms with Crippen LogP contribution in [0, 0.1) is 6.92 Å². The van der Waals surface area contributed by atoms with Gasteiger partial charge in [0.25, 0.3) is 5.91 Å². The smallest absolute Gasteiger partial charge is 0.338 e. The summed E-state index contributed by atoms with van der Waals surface area (Å²) in [6, 6.07) is 4.90. The molecule has 1 rings (SSSR count). The average molecular weight is 264 g/mol. The Labute approximate surface area is 113 Å². The van der Waals surface area contributed by atoms with Gasteiger partial charge < -0.3 is 15.8 Å². The fourth-order valence-corrected chi connectivity index (χ4v) is 1.44. The number of nitrogens with one attached hydrogen (secondary N) is 1. The van der Waals surface area contributed by atoms with E-state index in [0.29, 0.717) is 11.3 Å². The first kappa shape index (κ1) is 15.0. The minimum Gasteiger partial charge on any atom is -0.452 e. The number of nitrogens with two attached hydrogens (primary N) is 1. The monoisotopic (exact) mass is 264 g/mol. The van der Waals surface area contributed by atoms with Crippen LogP contribution in [0.25, 0.3) is 0 Å². The molecule has 0 fully saturated rings. The van der Waals surface area contributed by atoms with Gasteiger partial charge in [-0.1, -0.05) is 6.07 Å². The molecule has 0 aromatic heterocycles. The molecule has 0 spiro atoms. The largest absolute Gasteiger partial charge is 0.452 e. The normalized spacial score (nSPS) is 10.9. The van der Waals surface area contributed by atoms with E-state index in [1.807, 2.05) is 27.7 Å². The van der Waals surface area contributed by atoms with Crippen LogP contribution in [0.1, 0.15) is 36.7 Å². The Bertz CT molecular complexity index is 490. The number of nitrogen functional groups attached to an aromatic ring is 1. The summed E-state index contributed by atoms with van der Waals surface area (Å²) in [5.41, 5.74) is 7.11.